The molecule has 1 saturated carbocycles. The van der Waals surface area contributed by atoms with Crippen molar-refractivity contribution in [2.24, 2.45) is 11.8 Å². The second kappa shape index (κ2) is 10.7. The highest BCUT2D eigenvalue weighted by atomic mass is 16.5. The van der Waals surface area contributed by atoms with E-state index in [1.165, 1.54) is 7.11 Å². The number of esters is 2. The van der Waals surface area contributed by atoms with Gasteiger partial charge in [-0.15, -0.1) is 0 Å². The smallest absolute Gasteiger partial charge is 0.337 e. The van der Waals surface area contributed by atoms with Gasteiger partial charge in [-0.2, -0.15) is 0 Å². The van der Waals surface area contributed by atoms with E-state index in [0.717, 1.165) is 37.8 Å². The van der Waals surface area contributed by atoms with Crippen LogP contribution in [0.3, 0.4) is 0 Å². The lowest BCUT2D eigenvalue weighted by molar-refractivity contribution is -0.151. The third-order valence-electron chi connectivity index (χ3n) is 7.32. The molecule has 35 heavy (non-hydrogen) atoms. The highest BCUT2D eigenvalue weighted by Gasteiger charge is 2.48. The number of hydrogen-bond acceptors (Lipinski definition) is 7. The maximum absolute atomic E-state index is 13.9. The maximum atomic E-state index is 13.9. The van der Waals surface area contributed by atoms with Crippen LogP contribution in [0.15, 0.2) is 46.8 Å². The third kappa shape index (κ3) is 4.86. The lowest BCUT2D eigenvalue weighted by atomic mass is 9.69. The zero-order chi connectivity index (χ0) is 25.1. The first-order chi connectivity index (χ1) is 16.9. The fraction of sp³-hybridized carbons (Fsp3) is 0.536. The number of carbonyl (C=O) groups excluding carboxylic acids is 3. The van der Waals surface area contributed by atoms with Gasteiger partial charge in [-0.3, -0.25) is 9.59 Å². The van der Waals surface area contributed by atoms with Crippen LogP contribution in [-0.2, 0) is 23.9 Å². The largest absolute Gasteiger partial charge is 0.494 e. The summed E-state index contributed by atoms with van der Waals surface area (Å²) in [5, 5.41) is 3.32. The van der Waals surface area contributed by atoms with Crippen LogP contribution in [0.4, 0.5) is 0 Å². The number of dihydropyridines is 1. The van der Waals surface area contributed by atoms with Crippen LogP contribution in [0, 0.1) is 11.8 Å². The number of methoxy groups -OCH3 is 1. The number of rotatable bonds is 6. The second-order valence-electron chi connectivity index (χ2n) is 9.67. The van der Waals surface area contributed by atoms with Gasteiger partial charge >= 0.3 is 11.9 Å². The Morgan fingerprint density at radius 2 is 1.83 bits per heavy atom. The number of ether oxygens (including phenoxy) is 3. The second-order valence-corrected chi connectivity index (χ2v) is 9.67. The maximum Gasteiger partial charge on any atom is 0.337 e. The van der Waals surface area contributed by atoms with Crippen molar-refractivity contribution in [2.45, 2.75) is 71.3 Å². The van der Waals surface area contributed by atoms with E-state index in [2.05, 4.69) is 5.32 Å². The molecule has 7 heteroatoms. The molecule has 1 N–H and O–H groups in total. The summed E-state index contributed by atoms with van der Waals surface area (Å²) < 4.78 is 16.9. The van der Waals surface area contributed by atoms with Crippen LogP contribution in [0.2, 0.25) is 0 Å². The molecule has 3 atom stereocenters. The molecule has 188 valence electrons. The molecule has 1 aromatic carbocycles. The van der Waals surface area contributed by atoms with E-state index in [0.29, 0.717) is 41.2 Å². The van der Waals surface area contributed by atoms with Crippen LogP contribution >= 0.6 is 0 Å². The van der Waals surface area contributed by atoms with Crippen molar-refractivity contribution in [2.75, 3.05) is 13.7 Å². The zero-order valence-electron chi connectivity index (χ0n) is 21.0. The van der Waals surface area contributed by atoms with E-state index in [1.54, 1.807) is 0 Å². The van der Waals surface area contributed by atoms with Gasteiger partial charge < -0.3 is 19.5 Å². The van der Waals surface area contributed by atoms with E-state index in [4.69, 9.17) is 14.2 Å². The summed E-state index contributed by atoms with van der Waals surface area (Å²) in [7, 11) is 1.30. The summed E-state index contributed by atoms with van der Waals surface area (Å²) in [6.45, 7) is 6.05. The molecule has 0 aromatic heterocycles. The van der Waals surface area contributed by atoms with Gasteiger partial charge in [0.05, 0.1) is 25.2 Å². The van der Waals surface area contributed by atoms with Gasteiger partial charge in [0, 0.05) is 22.5 Å². The average molecular weight is 482 g/mol. The molecule has 1 aromatic rings. The molecule has 0 bridgehead atoms. The van der Waals surface area contributed by atoms with Crippen LogP contribution < -0.4 is 10.1 Å². The quantitative estimate of drug-likeness (QED) is 0.470. The fourth-order valence-electron chi connectivity index (χ4n) is 5.67. The first-order valence-electron chi connectivity index (χ1n) is 12.6. The minimum absolute atomic E-state index is 0.125. The Hall–Kier alpha value is -3.09. The van der Waals surface area contributed by atoms with Crippen LogP contribution in [0.1, 0.15) is 70.8 Å². The lowest BCUT2D eigenvalue weighted by Crippen LogP contribution is -2.43. The Labute approximate surface area is 206 Å². The van der Waals surface area contributed by atoms with Crippen molar-refractivity contribution in [1.29, 1.82) is 0 Å². The molecule has 1 heterocycles. The number of ketones is 1. The van der Waals surface area contributed by atoms with Crippen molar-refractivity contribution in [3.05, 3.63) is 52.4 Å². The molecule has 1 aliphatic heterocycles. The number of allylic oxidation sites excluding steroid dienone is 3. The summed E-state index contributed by atoms with van der Waals surface area (Å²) in [5.41, 5.74) is 2.94. The third-order valence-corrected chi connectivity index (χ3v) is 7.32. The minimum atomic E-state index is -0.920. The van der Waals surface area contributed by atoms with E-state index in [-0.39, 0.29) is 17.8 Å². The summed E-state index contributed by atoms with van der Waals surface area (Å²) in [4.78, 5) is 40.1. The predicted molar refractivity (Wildman–Crippen MR) is 130 cm³/mol. The number of para-hydroxylation sites is 1. The number of carbonyl (C=O) groups is 3. The molecule has 1 fully saturated rings. The van der Waals surface area contributed by atoms with Crippen LogP contribution in [0.25, 0.3) is 0 Å². The summed E-state index contributed by atoms with van der Waals surface area (Å²) in [6, 6.07) is 7.45. The molecule has 0 radical (unpaired) electrons. The number of benzene rings is 1. The van der Waals surface area contributed by atoms with Crippen LogP contribution in [-0.4, -0.2) is 37.5 Å². The normalized spacial score (nSPS) is 25.0. The van der Waals surface area contributed by atoms with Gasteiger partial charge in [0.1, 0.15) is 17.8 Å². The molecule has 0 unspecified atom stereocenters. The SMILES string of the molecule is CCOc1ccccc1[C@@H]1C(C(=O)OC2CCCCC2)=C(C)NC2=C1C(=O)[C@@H](C(=O)OC)[C@@H](C)C2. The van der Waals surface area contributed by atoms with Gasteiger partial charge in [0.25, 0.3) is 0 Å². The predicted octanol–water partition coefficient (Wildman–Crippen LogP) is 4.57. The van der Waals surface area contributed by atoms with E-state index >= 15 is 0 Å². The number of hydrogen-bond donors (Lipinski definition) is 1. The molecular weight excluding hydrogens is 446 g/mol. The minimum Gasteiger partial charge on any atom is -0.494 e. The molecule has 2 aliphatic carbocycles. The van der Waals surface area contributed by atoms with Gasteiger partial charge in [-0.1, -0.05) is 31.5 Å². The highest BCUT2D eigenvalue weighted by Crippen LogP contribution is 2.47. The Balaban J connectivity index is 1.82. The van der Waals surface area contributed by atoms with Crippen molar-refractivity contribution in [1.82, 2.24) is 5.32 Å². The topological polar surface area (TPSA) is 90.9 Å². The van der Waals surface area contributed by atoms with Gasteiger partial charge in [0.15, 0.2) is 5.78 Å². The molecule has 0 spiro atoms. The van der Waals surface area contributed by atoms with E-state index in [9.17, 15) is 14.4 Å². The summed E-state index contributed by atoms with van der Waals surface area (Å²) >= 11 is 0. The van der Waals surface area contributed by atoms with E-state index < -0.39 is 23.8 Å². The Bertz CT molecular complexity index is 1060. The van der Waals surface area contributed by atoms with Gasteiger partial charge in [-0.25, -0.2) is 4.79 Å². The molecular formula is C28H35NO6. The van der Waals surface area contributed by atoms with Gasteiger partial charge in [-0.05, 0) is 57.9 Å². The molecule has 0 saturated heterocycles. The van der Waals surface area contributed by atoms with Crippen molar-refractivity contribution < 1.29 is 28.6 Å². The first kappa shape index (κ1) is 25.0. The summed E-state index contributed by atoms with van der Waals surface area (Å²) in [5.74, 6) is -2.54. The molecule has 0 amide bonds. The average Bonchev–Trinajstić information content (AvgIpc) is 2.84. The number of Topliss-reactive ketones (excluding diaryl/α,β-unsaturated/α-hetero) is 1. The van der Waals surface area contributed by atoms with E-state index in [1.807, 2.05) is 45.0 Å². The van der Waals surface area contributed by atoms with Crippen molar-refractivity contribution in [3.8, 4) is 5.75 Å². The Morgan fingerprint density at radius 1 is 1.11 bits per heavy atom. The van der Waals surface area contributed by atoms with Crippen LogP contribution in [0.5, 0.6) is 5.75 Å². The van der Waals surface area contributed by atoms with Gasteiger partial charge in [0.2, 0.25) is 0 Å². The molecule has 4 rings (SSSR count). The highest BCUT2D eigenvalue weighted by molar-refractivity contribution is 6.12. The zero-order valence-corrected chi connectivity index (χ0v) is 21.0. The Morgan fingerprint density at radius 3 is 2.51 bits per heavy atom. The molecule has 7 nitrogen and oxygen atoms in total. The summed E-state index contributed by atoms with van der Waals surface area (Å²) in [6.07, 6.45) is 5.30. The first-order valence-corrected chi connectivity index (χ1v) is 12.6. The lowest BCUT2D eigenvalue weighted by Gasteiger charge is -2.39. The monoisotopic (exact) mass is 481 g/mol. The molecule has 3 aliphatic rings. The van der Waals surface area contributed by atoms with Crippen molar-refractivity contribution >= 4 is 17.7 Å². The van der Waals surface area contributed by atoms with Crippen molar-refractivity contribution in [3.63, 3.8) is 0 Å². The number of nitrogens with one attached hydrogen (secondary N) is 1. The standard InChI is InChI=1S/C28H35NO6/c1-5-34-21-14-10-9-13-19(21)24-23(28(32)35-18-11-7-6-8-12-18)17(3)29-20-15-16(2)22(27(31)33-4)26(30)25(20)24/h9-10,13-14,16,18,22,24,29H,5-8,11-12,15H2,1-4H3/t16-,22-,24+/m0/s1. The fourth-order valence-corrected chi connectivity index (χ4v) is 5.67. The Kier molecular flexibility index (Phi) is 7.63.